The summed E-state index contributed by atoms with van der Waals surface area (Å²) in [6.45, 7) is 1.82. The number of hydrogen-bond donors (Lipinski definition) is 2. The van der Waals surface area contributed by atoms with E-state index < -0.39 is 17.9 Å². The quantitative estimate of drug-likeness (QED) is 0.852. The van der Waals surface area contributed by atoms with Crippen LogP contribution >= 0.6 is 0 Å². The van der Waals surface area contributed by atoms with Gasteiger partial charge in [0.25, 0.3) is 0 Å². The molecule has 6 nitrogen and oxygen atoms in total. The average Bonchev–Trinajstić information content (AvgIpc) is 2.71. The predicted octanol–water partition coefficient (Wildman–Crippen LogP) is 1.13. The number of amides is 1. The number of aryl methyl sites for hydroxylation is 1. The molecule has 0 aliphatic carbocycles. The van der Waals surface area contributed by atoms with Crippen molar-refractivity contribution < 1.29 is 24.6 Å². The summed E-state index contributed by atoms with van der Waals surface area (Å²) in [7, 11) is 0. The maximum absolute atomic E-state index is 11.8. The number of carbonyl (C=O) groups excluding carboxylic acids is 1. The first-order valence-electron chi connectivity index (χ1n) is 5.77. The molecule has 19 heavy (non-hydrogen) atoms. The highest BCUT2D eigenvalue weighted by Gasteiger charge is 2.35. The number of aliphatic carboxylic acids is 1. The lowest BCUT2D eigenvalue weighted by molar-refractivity contribution is -0.141. The minimum absolute atomic E-state index is 0.0184. The molecule has 0 unspecified atom stereocenters. The number of hydrogen-bond acceptors (Lipinski definition) is 3. The maximum atomic E-state index is 11.8. The van der Waals surface area contributed by atoms with Crippen LogP contribution in [0.1, 0.15) is 22.3 Å². The van der Waals surface area contributed by atoms with Crippen molar-refractivity contribution in [2.24, 2.45) is 5.92 Å². The van der Waals surface area contributed by atoms with E-state index in [4.69, 9.17) is 10.2 Å². The minimum Gasteiger partial charge on any atom is -0.481 e. The Morgan fingerprint density at radius 2 is 2.00 bits per heavy atom. The molecule has 1 aliphatic heterocycles. The van der Waals surface area contributed by atoms with Gasteiger partial charge in [-0.25, -0.2) is 4.79 Å². The predicted molar refractivity (Wildman–Crippen MR) is 66.2 cm³/mol. The summed E-state index contributed by atoms with van der Waals surface area (Å²) in [4.78, 5) is 34.9. The van der Waals surface area contributed by atoms with E-state index in [-0.39, 0.29) is 24.4 Å². The number of rotatable bonds is 3. The van der Waals surface area contributed by atoms with Crippen LogP contribution in [-0.4, -0.2) is 34.6 Å². The van der Waals surface area contributed by atoms with Crippen LogP contribution in [-0.2, 0) is 9.59 Å². The van der Waals surface area contributed by atoms with Crippen LogP contribution in [0.4, 0.5) is 5.69 Å². The van der Waals surface area contributed by atoms with Gasteiger partial charge in [0.2, 0.25) is 5.91 Å². The van der Waals surface area contributed by atoms with Crippen molar-refractivity contribution in [2.45, 2.75) is 13.3 Å². The van der Waals surface area contributed by atoms with Crippen molar-refractivity contribution in [3.63, 3.8) is 0 Å². The van der Waals surface area contributed by atoms with Crippen LogP contribution in [0.5, 0.6) is 0 Å². The summed E-state index contributed by atoms with van der Waals surface area (Å²) < 4.78 is 0. The third-order valence-electron chi connectivity index (χ3n) is 3.21. The number of nitrogens with zero attached hydrogens (tertiary/aromatic N) is 1. The first-order valence-corrected chi connectivity index (χ1v) is 5.77. The second kappa shape index (κ2) is 4.72. The Kier molecular flexibility index (Phi) is 3.25. The number of carboxylic acid groups (broad SMARTS) is 2. The van der Waals surface area contributed by atoms with Gasteiger partial charge in [0.05, 0.1) is 11.5 Å². The standard InChI is InChI=1S/C13H13NO5/c1-7-4-8(12(16)17)2-3-10(7)14-6-9(13(18)19)5-11(14)15/h2-4,9H,5-6H2,1H3,(H,16,17)(H,18,19)/t9-/m1/s1. The highest BCUT2D eigenvalue weighted by atomic mass is 16.4. The highest BCUT2D eigenvalue weighted by molar-refractivity contribution is 6.00. The van der Waals surface area contributed by atoms with Gasteiger partial charge in [-0.3, -0.25) is 9.59 Å². The number of benzene rings is 1. The fourth-order valence-corrected chi connectivity index (χ4v) is 2.20. The Labute approximate surface area is 109 Å². The fourth-order valence-electron chi connectivity index (χ4n) is 2.20. The van der Waals surface area contributed by atoms with Gasteiger partial charge in [0.1, 0.15) is 0 Å². The number of aromatic carboxylic acids is 1. The van der Waals surface area contributed by atoms with E-state index in [0.29, 0.717) is 11.3 Å². The Hall–Kier alpha value is -2.37. The third kappa shape index (κ3) is 2.42. The summed E-state index contributed by atoms with van der Waals surface area (Å²) in [5, 5.41) is 17.8. The van der Waals surface area contributed by atoms with Crippen molar-refractivity contribution in [3.8, 4) is 0 Å². The molecule has 2 rings (SSSR count). The van der Waals surface area contributed by atoms with Crippen molar-refractivity contribution in [1.82, 2.24) is 0 Å². The normalized spacial score (nSPS) is 18.7. The second-order valence-corrected chi connectivity index (χ2v) is 4.55. The van der Waals surface area contributed by atoms with Crippen LogP contribution in [0.25, 0.3) is 0 Å². The van der Waals surface area contributed by atoms with E-state index in [1.54, 1.807) is 13.0 Å². The molecule has 1 aromatic carbocycles. The first-order chi connectivity index (χ1) is 8.90. The molecule has 6 heteroatoms. The van der Waals surface area contributed by atoms with Gasteiger partial charge in [-0.05, 0) is 30.7 Å². The van der Waals surface area contributed by atoms with Gasteiger partial charge in [0, 0.05) is 18.7 Å². The van der Waals surface area contributed by atoms with Crippen LogP contribution < -0.4 is 4.90 Å². The van der Waals surface area contributed by atoms with E-state index >= 15 is 0 Å². The zero-order valence-electron chi connectivity index (χ0n) is 10.3. The lowest BCUT2D eigenvalue weighted by Gasteiger charge is -2.18. The summed E-state index contributed by atoms with van der Waals surface area (Å²) in [6, 6.07) is 4.42. The second-order valence-electron chi connectivity index (χ2n) is 4.55. The lowest BCUT2D eigenvalue weighted by Crippen LogP contribution is -2.26. The molecule has 1 saturated heterocycles. The van der Waals surface area contributed by atoms with E-state index in [1.165, 1.54) is 17.0 Å². The zero-order valence-corrected chi connectivity index (χ0v) is 10.3. The van der Waals surface area contributed by atoms with Gasteiger partial charge in [-0.2, -0.15) is 0 Å². The minimum atomic E-state index is -1.04. The van der Waals surface area contributed by atoms with Crippen LogP contribution in [0.2, 0.25) is 0 Å². The molecule has 2 N–H and O–H groups in total. The molecule has 1 fully saturated rings. The maximum Gasteiger partial charge on any atom is 0.335 e. The molecular formula is C13H13NO5. The Balaban J connectivity index is 2.30. The Morgan fingerprint density at radius 1 is 1.32 bits per heavy atom. The van der Waals surface area contributed by atoms with E-state index in [9.17, 15) is 14.4 Å². The molecule has 0 radical (unpaired) electrons. The van der Waals surface area contributed by atoms with Gasteiger partial charge >= 0.3 is 11.9 Å². The molecule has 1 atom stereocenters. The van der Waals surface area contributed by atoms with Crippen molar-refractivity contribution in [1.29, 1.82) is 0 Å². The fraction of sp³-hybridized carbons (Fsp3) is 0.308. The Morgan fingerprint density at radius 3 is 2.47 bits per heavy atom. The van der Waals surface area contributed by atoms with E-state index in [1.807, 2.05) is 0 Å². The van der Waals surface area contributed by atoms with Gasteiger partial charge in [-0.15, -0.1) is 0 Å². The molecule has 1 amide bonds. The molecule has 100 valence electrons. The molecule has 1 aliphatic rings. The van der Waals surface area contributed by atoms with Crippen LogP contribution in [0.15, 0.2) is 18.2 Å². The summed E-state index contributed by atoms with van der Waals surface area (Å²) in [5.74, 6) is -2.98. The number of carbonyl (C=O) groups is 3. The van der Waals surface area contributed by atoms with Gasteiger partial charge < -0.3 is 15.1 Å². The molecule has 0 saturated carbocycles. The van der Waals surface area contributed by atoms with Crippen LogP contribution in [0.3, 0.4) is 0 Å². The molecule has 1 heterocycles. The smallest absolute Gasteiger partial charge is 0.335 e. The van der Waals surface area contributed by atoms with E-state index in [2.05, 4.69) is 0 Å². The van der Waals surface area contributed by atoms with E-state index in [0.717, 1.165) is 0 Å². The molecular weight excluding hydrogens is 250 g/mol. The molecule has 0 bridgehead atoms. The van der Waals surface area contributed by atoms with Gasteiger partial charge in [-0.1, -0.05) is 0 Å². The van der Waals surface area contributed by atoms with Crippen molar-refractivity contribution in [3.05, 3.63) is 29.3 Å². The van der Waals surface area contributed by atoms with Crippen LogP contribution in [0, 0.1) is 12.8 Å². The molecule has 0 spiro atoms. The molecule has 1 aromatic rings. The SMILES string of the molecule is Cc1cc(C(=O)O)ccc1N1C[C@H](C(=O)O)CC1=O. The monoisotopic (exact) mass is 263 g/mol. The third-order valence-corrected chi connectivity index (χ3v) is 3.21. The molecule has 0 aromatic heterocycles. The Bertz CT molecular complexity index is 566. The largest absolute Gasteiger partial charge is 0.481 e. The summed E-state index contributed by atoms with van der Waals surface area (Å²) >= 11 is 0. The summed E-state index contributed by atoms with van der Waals surface area (Å²) in [5.41, 5.74) is 1.35. The topological polar surface area (TPSA) is 94.9 Å². The lowest BCUT2D eigenvalue weighted by atomic mass is 10.1. The summed E-state index contributed by atoms with van der Waals surface area (Å²) in [6.07, 6.45) is -0.0184. The number of carboxylic acids is 2. The van der Waals surface area contributed by atoms with Gasteiger partial charge in [0.15, 0.2) is 0 Å². The number of anilines is 1. The highest BCUT2D eigenvalue weighted by Crippen LogP contribution is 2.28. The zero-order chi connectivity index (χ0) is 14.2. The van der Waals surface area contributed by atoms with Crippen molar-refractivity contribution in [2.75, 3.05) is 11.4 Å². The van der Waals surface area contributed by atoms with Crippen molar-refractivity contribution >= 4 is 23.5 Å². The first kappa shape index (κ1) is 13.1. The average molecular weight is 263 g/mol.